The van der Waals surface area contributed by atoms with Crippen LogP contribution >= 0.6 is 15.9 Å². The normalized spacial score (nSPS) is 10.4. The summed E-state index contributed by atoms with van der Waals surface area (Å²) in [7, 11) is 4.10. The fourth-order valence-corrected chi connectivity index (χ4v) is 1.86. The van der Waals surface area contributed by atoms with Gasteiger partial charge in [0.2, 0.25) is 0 Å². The van der Waals surface area contributed by atoms with Gasteiger partial charge in [-0.1, -0.05) is 28.9 Å². The predicted molar refractivity (Wildman–Crippen MR) is 70.5 cm³/mol. The maximum absolute atomic E-state index is 3.60. The summed E-state index contributed by atoms with van der Waals surface area (Å²) in [5.74, 6) is 0. The first-order chi connectivity index (χ1) is 7.15. The SMILES string of the molecule is CCCNCc1ccc(N(C)C)cc1Br. The van der Waals surface area contributed by atoms with Gasteiger partial charge in [-0.3, -0.25) is 0 Å². The topological polar surface area (TPSA) is 15.3 Å². The Morgan fingerprint density at radius 1 is 1.33 bits per heavy atom. The summed E-state index contributed by atoms with van der Waals surface area (Å²) < 4.78 is 1.18. The monoisotopic (exact) mass is 270 g/mol. The molecule has 0 atom stereocenters. The van der Waals surface area contributed by atoms with Gasteiger partial charge in [0, 0.05) is 30.8 Å². The van der Waals surface area contributed by atoms with E-state index in [-0.39, 0.29) is 0 Å². The van der Waals surface area contributed by atoms with Crippen LogP contribution in [-0.2, 0) is 6.54 Å². The van der Waals surface area contributed by atoms with E-state index in [2.05, 4.69) is 65.4 Å². The smallest absolute Gasteiger partial charge is 0.0372 e. The third-order valence-corrected chi connectivity index (χ3v) is 3.03. The molecule has 1 N–H and O–H groups in total. The number of nitrogens with zero attached hydrogens (tertiary/aromatic N) is 1. The van der Waals surface area contributed by atoms with Crippen LogP contribution in [0.2, 0.25) is 0 Å². The first-order valence-corrected chi connectivity index (χ1v) is 6.11. The van der Waals surface area contributed by atoms with Crippen molar-refractivity contribution in [2.45, 2.75) is 19.9 Å². The van der Waals surface area contributed by atoms with Crippen molar-refractivity contribution < 1.29 is 0 Å². The van der Waals surface area contributed by atoms with E-state index in [1.807, 2.05) is 0 Å². The Morgan fingerprint density at radius 3 is 2.60 bits per heavy atom. The molecule has 0 radical (unpaired) electrons. The van der Waals surface area contributed by atoms with Crippen molar-refractivity contribution in [3.63, 3.8) is 0 Å². The zero-order valence-corrected chi connectivity index (χ0v) is 11.3. The van der Waals surface area contributed by atoms with Gasteiger partial charge < -0.3 is 10.2 Å². The second-order valence-electron chi connectivity index (χ2n) is 3.85. The average Bonchev–Trinajstić information content (AvgIpc) is 2.20. The molecule has 0 heterocycles. The van der Waals surface area contributed by atoms with E-state index < -0.39 is 0 Å². The summed E-state index contributed by atoms with van der Waals surface area (Å²) in [6.07, 6.45) is 1.17. The van der Waals surface area contributed by atoms with E-state index in [4.69, 9.17) is 0 Å². The van der Waals surface area contributed by atoms with E-state index >= 15 is 0 Å². The molecule has 1 rings (SSSR count). The first kappa shape index (κ1) is 12.5. The molecular formula is C12H19BrN2. The molecule has 0 fully saturated rings. The lowest BCUT2D eigenvalue weighted by atomic mass is 10.2. The molecule has 0 amide bonds. The maximum atomic E-state index is 3.60. The van der Waals surface area contributed by atoms with Gasteiger partial charge in [0.25, 0.3) is 0 Å². The minimum atomic E-state index is 0.933. The quantitative estimate of drug-likeness (QED) is 0.828. The molecule has 1 aromatic carbocycles. The number of nitrogens with one attached hydrogen (secondary N) is 1. The standard InChI is InChI=1S/C12H19BrN2/c1-4-7-14-9-10-5-6-11(15(2)3)8-12(10)13/h5-6,8,14H,4,7,9H2,1-3H3. The average molecular weight is 271 g/mol. The van der Waals surface area contributed by atoms with Crippen LogP contribution in [0.5, 0.6) is 0 Å². The predicted octanol–water partition coefficient (Wildman–Crippen LogP) is 3.01. The zero-order valence-electron chi connectivity index (χ0n) is 9.68. The molecule has 0 aliphatic rings. The molecule has 0 bridgehead atoms. The Kier molecular flexibility index (Phi) is 5.12. The molecular weight excluding hydrogens is 252 g/mol. The van der Waals surface area contributed by atoms with Gasteiger partial charge in [-0.15, -0.1) is 0 Å². The molecule has 0 aliphatic heterocycles. The van der Waals surface area contributed by atoms with Crippen LogP contribution in [0.4, 0.5) is 5.69 Å². The minimum absolute atomic E-state index is 0.933. The summed E-state index contributed by atoms with van der Waals surface area (Å²) in [6, 6.07) is 6.47. The van der Waals surface area contributed by atoms with Gasteiger partial charge >= 0.3 is 0 Å². The Morgan fingerprint density at radius 2 is 2.07 bits per heavy atom. The number of hydrogen-bond acceptors (Lipinski definition) is 2. The highest BCUT2D eigenvalue weighted by Gasteiger charge is 2.02. The third kappa shape index (κ3) is 3.84. The van der Waals surface area contributed by atoms with Gasteiger partial charge in [0.15, 0.2) is 0 Å². The number of benzene rings is 1. The van der Waals surface area contributed by atoms with Gasteiger partial charge in [0.1, 0.15) is 0 Å². The van der Waals surface area contributed by atoms with Crippen molar-refractivity contribution in [1.82, 2.24) is 5.32 Å². The van der Waals surface area contributed by atoms with Gasteiger partial charge in [0.05, 0.1) is 0 Å². The summed E-state index contributed by atoms with van der Waals surface area (Å²) in [4.78, 5) is 2.11. The van der Waals surface area contributed by atoms with Gasteiger partial charge in [-0.25, -0.2) is 0 Å². The lowest BCUT2D eigenvalue weighted by Gasteiger charge is -2.14. The summed E-state index contributed by atoms with van der Waals surface area (Å²) in [5, 5.41) is 3.40. The van der Waals surface area contributed by atoms with Crippen molar-refractivity contribution in [1.29, 1.82) is 0 Å². The van der Waals surface area contributed by atoms with Crippen LogP contribution in [0.1, 0.15) is 18.9 Å². The molecule has 0 aromatic heterocycles. The van der Waals surface area contributed by atoms with Crippen LogP contribution < -0.4 is 10.2 Å². The number of rotatable bonds is 5. The highest BCUT2D eigenvalue weighted by molar-refractivity contribution is 9.10. The van der Waals surface area contributed by atoms with E-state index in [9.17, 15) is 0 Å². The van der Waals surface area contributed by atoms with E-state index in [0.717, 1.165) is 13.1 Å². The van der Waals surface area contributed by atoms with Crippen LogP contribution in [0, 0.1) is 0 Å². The van der Waals surface area contributed by atoms with Crippen molar-refractivity contribution in [2.75, 3.05) is 25.5 Å². The van der Waals surface area contributed by atoms with Crippen LogP contribution in [0.15, 0.2) is 22.7 Å². The summed E-state index contributed by atoms with van der Waals surface area (Å²) in [6.45, 7) is 4.18. The molecule has 0 unspecified atom stereocenters. The highest BCUT2D eigenvalue weighted by atomic mass is 79.9. The van der Waals surface area contributed by atoms with Crippen LogP contribution in [0.25, 0.3) is 0 Å². The molecule has 0 aliphatic carbocycles. The second kappa shape index (κ2) is 6.13. The molecule has 1 aromatic rings. The molecule has 0 saturated heterocycles. The Hall–Kier alpha value is -0.540. The third-order valence-electron chi connectivity index (χ3n) is 2.30. The fourth-order valence-electron chi connectivity index (χ4n) is 1.36. The number of anilines is 1. The molecule has 3 heteroatoms. The molecule has 0 saturated carbocycles. The van der Waals surface area contributed by atoms with Crippen molar-refractivity contribution >= 4 is 21.6 Å². The Bertz CT molecular complexity index is 310. The largest absolute Gasteiger partial charge is 0.378 e. The minimum Gasteiger partial charge on any atom is -0.378 e. The Labute approximate surface area is 101 Å². The van der Waals surface area contributed by atoms with Crippen molar-refractivity contribution in [3.8, 4) is 0 Å². The number of hydrogen-bond donors (Lipinski definition) is 1. The first-order valence-electron chi connectivity index (χ1n) is 5.31. The van der Waals surface area contributed by atoms with Crippen molar-refractivity contribution in [3.05, 3.63) is 28.2 Å². The Balaban J connectivity index is 2.66. The molecule has 15 heavy (non-hydrogen) atoms. The highest BCUT2D eigenvalue weighted by Crippen LogP contribution is 2.22. The maximum Gasteiger partial charge on any atom is 0.0372 e. The molecule has 84 valence electrons. The lowest BCUT2D eigenvalue weighted by molar-refractivity contribution is 0.674. The number of halogens is 1. The van der Waals surface area contributed by atoms with Crippen LogP contribution in [0.3, 0.4) is 0 Å². The molecule has 0 spiro atoms. The van der Waals surface area contributed by atoms with E-state index in [0.29, 0.717) is 0 Å². The van der Waals surface area contributed by atoms with E-state index in [1.165, 1.54) is 22.1 Å². The fraction of sp³-hybridized carbons (Fsp3) is 0.500. The van der Waals surface area contributed by atoms with Gasteiger partial charge in [-0.05, 0) is 30.7 Å². The lowest BCUT2D eigenvalue weighted by Crippen LogP contribution is -2.14. The van der Waals surface area contributed by atoms with Crippen LogP contribution in [-0.4, -0.2) is 20.6 Å². The summed E-state index contributed by atoms with van der Waals surface area (Å²) >= 11 is 3.60. The van der Waals surface area contributed by atoms with Gasteiger partial charge in [-0.2, -0.15) is 0 Å². The summed E-state index contributed by atoms with van der Waals surface area (Å²) in [5.41, 5.74) is 2.54. The van der Waals surface area contributed by atoms with Crippen molar-refractivity contribution in [2.24, 2.45) is 0 Å². The second-order valence-corrected chi connectivity index (χ2v) is 4.70. The van der Waals surface area contributed by atoms with E-state index in [1.54, 1.807) is 0 Å². The molecule has 2 nitrogen and oxygen atoms in total. The zero-order chi connectivity index (χ0) is 11.3.